The molecular weight excluding hydrogens is 298 g/mol. The van der Waals surface area contributed by atoms with Gasteiger partial charge < -0.3 is 0 Å². The fourth-order valence-electron chi connectivity index (χ4n) is 2.02. The number of benzene rings is 1. The molecule has 0 saturated carbocycles. The van der Waals surface area contributed by atoms with E-state index in [9.17, 15) is 0 Å². The Morgan fingerprint density at radius 1 is 1.25 bits per heavy atom. The lowest BCUT2D eigenvalue weighted by atomic mass is 10.3. The molecule has 3 heterocycles. The summed E-state index contributed by atoms with van der Waals surface area (Å²) in [5.41, 5.74) is 1.82. The molecule has 3 aromatic heterocycles. The first kappa shape index (κ1) is 12.7. The van der Waals surface area contributed by atoms with Crippen LogP contribution < -0.4 is 5.49 Å². The number of fused-ring (bicyclic) bond motifs is 3. The summed E-state index contributed by atoms with van der Waals surface area (Å²) < 4.78 is 2.89. The maximum absolute atomic E-state index is 8.32. The molecule has 0 unspecified atom stereocenters. The number of para-hydroxylation sites is 1. The Hall–Kier alpha value is -2.32. The Morgan fingerprint density at radius 3 is 2.90 bits per heavy atom. The number of nitrogens with zero attached hydrogens (tertiary/aromatic N) is 5. The van der Waals surface area contributed by atoms with Crippen molar-refractivity contribution in [3.05, 3.63) is 36.0 Å². The van der Waals surface area contributed by atoms with Crippen LogP contribution in [0.25, 0.3) is 26.6 Å². The maximum Gasteiger partial charge on any atom is 0.209 e. The monoisotopic (exact) mass is 305 g/mol. The average molecular weight is 306 g/mol. The molecule has 0 spiro atoms. The van der Waals surface area contributed by atoms with E-state index >= 15 is 0 Å². The van der Waals surface area contributed by atoms with Crippen molar-refractivity contribution in [3.8, 4) is 11.4 Å². The van der Waals surface area contributed by atoms with Gasteiger partial charge in [-0.05, 0) is 17.3 Å². The SMILES string of the molecule is Cl.N=c1c(-c2nn[nH]n2)cnc2sc3ccccc3n12. The molecule has 100 valence electrons. The number of hydrogen-bond donors (Lipinski definition) is 2. The quantitative estimate of drug-likeness (QED) is 0.558. The molecule has 2 N–H and O–H groups in total. The molecule has 0 aliphatic carbocycles. The summed E-state index contributed by atoms with van der Waals surface area (Å²) in [7, 11) is 0. The fraction of sp³-hybridized carbons (Fsp3) is 0. The maximum atomic E-state index is 8.32. The van der Waals surface area contributed by atoms with Crippen LogP contribution in [0.3, 0.4) is 0 Å². The number of tetrazole rings is 1. The number of nitrogens with one attached hydrogen (secondary N) is 2. The van der Waals surface area contributed by atoms with Gasteiger partial charge in [0.2, 0.25) is 5.82 Å². The van der Waals surface area contributed by atoms with Crippen molar-refractivity contribution in [2.45, 2.75) is 0 Å². The average Bonchev–Trinajstić information content (AvgIpc) is 3.05. The van der Waals surface area contributed by atoms with Crippen LogP contribution in [0, 0.1) is 5.41 Å². The highest BCUT2D eigenvalue weighted by molar-refractivity contribution is 7.23. The van der Waals surface area contributed by atoms with Crippen molar-refractivity contribution < 1.29 is 0 Å². The van der Waals surface area contributed by atoms with Crippen LogP contribution in [0.1, 0.15) is 0 Å². The van der Waals surface area contributed by atoms with E-state index in [0.717, 1.165) is 15.2 Å². The van der Waals surface area contributed by atoms with Gasteiger partial charge in [-0.1, -0.05) is 23.5 Å². The van der Waals surface area contributed by atoms with Gasteiger partial charge in [-0.15, -0.1) is 22.6 Å². The van der Waals surface area contributed by atoms with Crippen LogP contribution in [0.15, 0.2) is 30.5 Å². The Bertz CT molecular complexity index is 940. The highest BCUT2D eigenvalue weighted by Crippen LogP contribution is 2.23. The lowest BCUT2D eigenvalue weighted by molar-refractivity contribution is 0.881. The van der Waals surface area contributed by atoms with Crippen LogP contribution in [0.5, 0.6) is 0 Å². The van der Waals surface area contributed by atoms with E-state index < -0.39 is 0 Å². The zero-order valence-electron chi connectivity index (χ0n) is 9.94. The largest absolute Gasteiger partial charge is 0.283 e. The second-order valence-electron chi connectivity index (χ2n) is 3.94. The van der Waals surface area contributed by atoms with E-state index in [-0.39, 0.29) is 12.4 Å². The van der Waals surface area contributed by atoms with Crippen molar-refractivity contribution in [2.75, 3.05) is 0 Å². The lowest BCUT2D eigenvalue weighted by Crippen LogP contribution is -2.16. The fourth-order valence-corrected chi connectivity index (χ4v) is 3.01. The summed E-state index contributed by atoms with van der Waals surface area (Å²) in [5.74, 6) is 0.377. The summed E-state index contributed by atoms with van der Waals surface area (Å²) in [6.07, 6.45) is 1.61. The lowest BCUT2D eigenvalue weighted by Gasteiger charge is -1.99. The Labute approximate surface area is 122 Å². The molecule has 0 bridgehead atoms. The molecule has 0 aliphatic rings. The van der Waals surface area contributed by atoms with E-state index in [4.69, 9.17) is 5.41 Å². The van der Waals surface area contributed by atoms with Gasteiger partial charge in [0.1, 0.15) is 5.49 Å². The van der Waals surface area contributed by atoms with Crippen molar-refractivity contribution in [3.63, 3.8) is 0 Å². The molecule has 4 aromatic rings. The van der Waals surface area contributed by atoms with Crippen LogP contribution >= 0.6 is 23.7 Å². The molecule has 0 radical (unpaired) electrons. The van der Waals surface area contributed by atoms with Crippen molar-refractivity contribution in [1.82, 2.24) is 30.0 Å². The smallest absolute Gasteiger partial charge is 0.209 e. The highest BCUT2D eigenvalue weighted by Gasteiger charge is 2.12. The van der Waals surface area contributed by atoms with Crippen LogP contribution in [-0.2, 0) is 0 Å². The predicted octanol–water partition coefficient (Wildman–Crippen LogP) is 1.63. The predicted molar refractivity (Wildman–Crippen MR) is 76.8 cm³/mol. The Morgan fingerprint density at radius 2 is 2.10 bits per heavy atom. The molecule has 0 atom stereocenters. The zero-order chi connectivity index (χ0) is 12.8. The van der Waals surface area contributed by atoms with Gasteiger partial charge in [-0.3, -0.25) is 9.81 Å². The third kappa shape index (κ3) is 1.69. The minimum Gasteiger partial charge on any atom is -0.283 e. The molecule has 4 rings (SSSR count). The van der Waals surface area contributed by atoms with Crippen LogP contribution in [-0.4, -0.2) is 30.0 Å². The number of hydrogen-bond acceptors (Lipinski definition) is 6. The van der Waals surface area contributed by atoms with E-state index in [0.29, 0.717) is 16.9 Å². The first-order chi connectivity index (χ1) is 9.34. The van der Waals surface area contributed by atoms with E-state index in [1.807, 2.05) is 24.3 Å². The summed E-state index contributed by atoms with van der Waals surface area (Å²) in [4.78, 5) is 5.15. The third-order valence-corrected chi connectivity index (χ3v) is 3.90. The number of aromatic nitrogens is 6. The van der Waals surface area contributed by atoms with Crippen molar-refractivity contribution in [1.29, 1.82) is 5.41 Å². The minimum absolute atomic E-state index is 0. The molecule has 0 fully saturated rings. The molecule has 9 heteroatoms. The van der Waals surface area contributed by atoms with Crippen LogP contribution in [0.4, 0.5) is 0 Å². The Balaban J connectivity index is 0.00000121. The van der Waals surface area contributed by atoms with E-state index in [2.05, 4.69) is 25.6 Å². The second kappa shape index (κ2) is 4.66. The summed E-state index contributed by atoms with van der Waals surface area (Å²) in [6.45, 7) is 0. The molecule has 0 aliphatic heterocycles. The number of rotatable bonds is 1. The number of halogens is 1. The molecule has 20 heavy (non-hydrogen) atoms. The standard InChI is InChI=1S/C11H7N7S.ClH/c12-9-6(10-14-16-17-15-10)5-13-11-18(9)7-3-1-2-4-8(7)19-11;/h1-5,12H,(H,14,15,16,17);1H. The topological polar surface area (TPSA) is 95.6 Å². The molecular formula is C11H8ClN7S. The van der Waals surface area contributed by atoms with Gasteiger partial charge in [0.15, 0.2) is 4.96 Å². The summed E-state index contributed by atoms with van der Waals surface area (Å²) in [5, 5.41) is 22.0. The van der Waals surface area contributed by atoms with Gasteiger partial charge in [-0.25, -0.2) is 4.98 Å². The number of H-pyrrole nitrogens is 1. The van der Waals surface area contributed by atoms with Gasteiger partial charge in [-0.2, -0.15) is 5.21 Å². The number of aromatic amines is 1. The minimum atomic E-state index is 0. The van der Waals surface area contributed by atoms with Gasteiger partial charge >= 0.3 is 0 Å². The molecule has 0 saturated heterocycles. The highest BCUT2D eigenvalue weighted by atomic mass is 35.5. The first-order valence-corrected chi connectivity index (χ1v) is 6.34. The molecule has 0 amide bonds. The first-order valence-electron chi connectivity index (χ1n) is 5.52. The van der Waals surface area contributed by atoms with Gasteiger partial charge in [0.05, 0.1) is 15.8 Å². The second-order valence-corrected chi connectivity index (χ2v) is 4.95. The molecule has 1 aromatic carbocycles. The van der Waals surface area contributed by atoms with E-state index in [1.165, 1.54) is 0 Å². The Kier molecular flexibility index (Phi) is 2.96. The number of thiazole rings is 1. The van der Waals surface area contributed by atoms with Gasteiger partial charge in [0, 0.05) is 6.20 Å². The zero-order valence-corrected chi connectivity index (χ0v) is 11.6. The van der Waals surface area contributed by atoms with Crippen LogP contribution in [0.2, 0.25) is 0 Å². The third-order valence-electron chi connectivity index (χ3n) is 2.87. The normalized spacial score (nSPS) is 10.8. The van der Waals surface area contributed by atoms with E-state index in [1.54, 1.807) is 21.9 Å². The summed E-state index contributed by atoms with van der Waals surface area (Å²) in [6, 6.07) is 7.91. The van der Waals surface area contributed by atoms with Crippen molar-refractivity contribution in [2.24, 2.45) is 0 Å². The van der Waals surface area contributed by atoms with Gasteiger partial charge in [0.25, 0.3) is 0 Å². The molecule has 7 nitrogen and oxygen atoms in total. The van der Waals surface area contributed by atoms with Crippen molar-refractivity contribution >= 4 is 38.9 Å². The summed E-state index contributed by atoms with van der Waals surface area (Å²) >= 11 is 1.55.